The van der Waals surface area contributed by atoms with E-state index in [1.165, 1.54) is 37.5 Å². The van der Waals surface area contributed by atoms with Gasteiger partial charge in [0.15, 0.2) is 0 Å². The molecule has 19 heavy (non-hydrogen) atoms. The van der Waals surface area contributed by atoms with E-state index < -0.39 is 0 Å². The van der Waals surface area contributed by atoms with Crippen LogP contribution in [0, 0.1) is 5.92 Å². The van der Waals surface area contributed by atoms with Gasteiger partial charge in [-0.25, -0.2) is 0 Å². The van der Waals surface area contributed by atoms with E-state index in [1.807, 2.05) is 18.7 Å². The van der Waals surface area contributed by atoms with Crippen LogP contribution < -0.4 is 0 Å². The van der Waals surface area contributed by atoms with E-state index in [0.29, 0.717) is 5.92 Å². The first-order valence-electron chi connectivity index (χ1n) is 6.95. The Bertz CT molecular complexity index is 431. The second-order valence-electron chi connectivity index (χ2n) is 5.25. The van der Waals surface area contributed by atoms with E-state index in [4.69, 9.17) is 4.74 Å². The molecule has 0 aromatic heterocycles. The Labute approximate surface area is 119 Å². The van der Waals surface area contributed by atoms with Crippen LogP contribution in [-0.2, 0) is 16.0 Å². The number of benzene rings is 1. The third kappa shape index (κ3) is 3.75. The summed E-state index contributed by atoms with van der Waals surface area (Å²) in [5.41, 5.74) is 3.03. The summed E-state index contributed by atoms with van der Waals surface area (Å²) in [6, 6.07) is 8.79. The Hall–Kier alpha value is -0.960. The fraction of sp³-hybridized carbons (Fsp3) is 0.562. The van der Waals surface area contributed by atoms with Gasteiger partial charge in [-0.05, 0) is 36.3 Å². The minimum absolute atomic E-state index is 0.00571. The van der Waals surface area contributed by atoms with Crippen LogP contribution >= 0.6 is 11.8 Å². The molecule has 0 fully saturated rings. The standard InChI is InChI=1S/C16H22O2S/c1-12(16(17)18-2)10-19-11-14-8-5-7-13-6-3-4-9-15(13)14/h3-4,6,9,12,14H,5,7-8,10-11H2,1-2H3. The average molecular weight is 278 g/mol. The molecule has 0 saturated heterocycles. The minimum Gasteiger partial charge on any atom is -0.469 e. The minimum atomic E-state index is -0.100. The zero-order chi connectivity index (χ0) is 13.7. The molecule has 2 atom stereocenters. The summed E-state index contributed by atoms with van der Waals surface area (Å²) in [5, 5.41) is 0. The van der Waals surface area contributed by atoms with Gasteiger partial charge in [0.2, 0.25) is 0 Å². The highest BCUT2D eigenvalue weighted by molar-refractivity contribution is 7.99. The van der Waals surface area contributed by atoms with Gasteiger partial charge < -0.3 is 4.74 Å². The smallest absolute Gasteiger partial charge is 0.309 e. The highest BCUT2D eigenvalue weighted by atomic mass is 32.2. The molecule has 1 aliphatic rings. The summed E-state index contributed by atoms with van der Waals surface area (Å²) < 4.78 is 4.76. The van der Waals surface area contributed by atoms with Crippen molar-refractivity contribution >= 4 is 17.7 Å². The molecule has 0 spiro atoms. The van der Waals surface area contributed by atoms with Crippen LogP contribution in [0.2, 0.25) is 0 Å². The van der Waals surface area contributed by atoms with Crippen molar-refractivity contribution < 1.29 is 9.53 Å². The fourth-order valence-corrected chi connectivity index (χ4v) is 3.94. The fourth-order valence-electron chi connectivity index (χ4n) is 2.68. The van der Waals surface area contributed by atoms with Crippen LogP contribution in [0.1, 0.15) is 36.8 Å². The lowest BCUT2D eigenvalue weighted by atomic mass is 9.84. The lowest BCUT2D eigenvalue weighted by Crippen LogP contribution is -2.17. The van der Waals surface area contributed by atoms with Crippen molar-refractivity contribution in [1.82, 2.24) is 0 Å². The molecule has 0 N–H and O–H groups in total. The van der Waals surface area contributed by atoms with Gasteiger partial charge in [0.1, 0.15) is 0 Å². The zero-order valence-corrected chi connectivity index (χ0v) is 12.5. The number of aryl methyl sites for hydroxylation is 1. The van der Waals surface area contributed by atoms with Crippen molar-refractivity contribution in [1.29, 1.82) is 0 Å². The Morgan fingerprint density at radius 1 is 1.47 bits per heavy atom. The summed E-state index contributed by atoms with van der Waals surface area (Å²) in [6.07, 6.45) is 3.78. The van der Waals surface area contributed by atoms with Gasteiger partial charge in [-0.15, -0.1) is 0 Å². The largest absolute Gasteiger partial charge is 0.469 e. The molecular weight excluding hydrogens is 256 g/mol. The molecule has 1 aliphatic carbocycles. The van der Waals surface area contributed by atoms with Crippen molar-refractivity contribution in [2.24, 2.45) is 5.92 Å². The molecule has 2 unspecified atom stereocenters. The predicted octanol–water partition coefficient (Wildman–Crippen LogP) is 3.65. The maximum atomic E-state index is 11.4. The van der Waals surface area contributed by atoms with Crippen LogP contribution in [0.5, 0.6) is 0 Å². The average Bonchev–Trinajstić information content (AvgIpc) is 2.46. The normalized spacial score (nSPS) is 19.6. The van der Waals surface area contributed by atoms with Crippen LogP contribution in [0.4, 0.5) is 0 Å². The summed E-state index contributed by atoms with van der Waals surface area (Å²) in [7, 11) is 1.46. The highest BCUT2D eigenvalue weighted by Crippen LogP contribution is 2.34. The number of rotatable bonds is 5. The van der Waals surface area contributed by atoms with E-state index >= 15 is 0 Å². The predicted molar refractivity (Wildman–Crippen MR) is 80.6 cm³/mol. The molecular formula is C16H22O2S. The number of hydrogen-bond donors (Lipinski definition) is 0. The van der Waals surface area contributed by atoms with Crippen LogP contribution in [0.15, 0.2) is 24.3 Å². The summed E-state index contributed by atoms with van der Waals surface area (Å²) in [6.45, 7) is 1.94. The molecule has 2 nitrogen and oxygen atoms in total. The SMILES string of the molecule is COC(=O)C(C)CSCC1CCCc2ccccc21. The molecule has 1 aromatic rings. The Balaban J connectivity index is 1.86. The molecule has 0 saturated carbocycles. The topological polar surface area (TPSA) is 26.3 Å². The number of carbonyl (C=O) groups is 1. The summed E-state index contributed by atoms with van der Waals surface area (Å²) in [4.78, 5) is 11.4. The van der Waals surface area contributed by atoms with Gasteiger partial charge in [0.25, 0.3) is 0 Å². The van der Waals surface area contributed by atoms with Crippen molar-refractivity contribution in [3.05, 3.63) is 35.4 Å². The van der Waals surface area contributed by atoms with Gasteiger partial charge in [-0.1, -0.05) is 31.2 Å². The van der Waals surface area contributed by atoms with Crippen molar-refractivity contribution in [2.45, 2.75) is 32.1 Å². The molecule has 2 rings (SSSR count). The first kappa shape index (κ1) is 14.4. The van der Waals surface area contributed by atoms with Gasteiger partial charge in [0, 0.05) is 11.5 Å². The number of fused-ring (bicyclic) bond motifs is 1. The number of ether oxygens (including phenoxy) is 1. The van der Waals surface area contributed by atoms with E-state index in [-0.39, 0.29) is 11.9 Å². The van der Waals surface area contributed by atoms with E-state index in [2.05, 4.69) is 24.3 Å². The third-order valence-corrected chi connectivity index (χ3v) is 5.16. The Morgan fingerprint density at radius 2 is 2.26 bits per heavy atom. The van der Waals surface area contributed by atoms with E-state index in [1.54, 1.807) is 0 Å². The zero-order valence-electron chi connectivity index (χ0n) is 11.7. The molecule has 0 radical (unpaired) electrons. The maximum Gasteiger partial charge on any atom is 0.309 e. The molecule has 104 valence electrons. The van der Waals surface area contributed by atoms with Gasteiger partial charge in [-0.3, -0.25) is 4.79 Å². The molecule has 1 aromatic carbocycles. The second-order valence-corrected chi connectivity index (χ2v) is 6.32. The first-order valence-corrected chi connectivity index (χ1v) is 8.11. The highest BCUT2D eigenvalue weighted by Gasteiger charge is 2.20. The summed E-state index contributed by atoms with van der Waals surface area (Å²) in [5.74, 6) is 2.51. The van der Waals surface area contributed by atoms with Crippen molar-refractivity contribution in [3.63, 3.8) is 0 Å². The second kappa shape index (κ2) is 6.99. The Morgan fingerprint density at radius 3 is 3.05 bits per heavy atom. The van der Waals surface area contributed by atoms with E-state index in [9.17, 15) is 4.79 Å². The quantitative estimate of drug-likeness (QED) is 0.769. The van der Waals surface area contributed by atoms with Gasteiger partial charge >= 0.3 is 5.97 Å². The summed E-state index contributed by atoms with van der Waals surface area (Å²) >= 11 is 1.87. The number of methoxy groups -OCH3 is 1. The number of thioether (sulfide) groups is 1. The molecule has 0 bridgehead atoms. The third-order valence-electron chi connectivity index (χ3n) is 3.78. The number of hydrogen-bond acceptors (Lipinski definition) is 3. The van der Waals surface area contributed by atoms with E-state index in [0.717, 1.165) is 11.5 Å². The Kier molecular flexibility index (Phi) is 5.32. The monoisotopic (exact) mass is 278 g/mol. The first-order chi connectivity index (χ1) is 9.22. The molecule has 0 heterocycles. The van der Waals surface area contributed by atoms with Gasteiger partial charge in [0.05, 0.1) is 13.0 Å². The number of carbonyl (C=O) groups excluding carboxylic acids is 1. The van der Waals surface area contributed by atoms with Crippen LogP contribution in [0.3, 0.4) is 0 Å². The number of esters is 1. The van der Waals surface area contributed by atoms with Gasteiger partial charge in [-0.2, -0.15) is 11.8 Å². The lowest BCUT2D eigenvalue weighted by Gasteiger charge is -2.25. The lowest BCUT2D eigenvalue weighted by molar-refractivity contribution is -0.143. The van der Waals surface area contributed by atoms with Crippen molar-refractivity contribution in [3.8, 4) is 0 Å². The van der Waals surface area contributed by atoms with Crippen LogP contribution in [0.25, 0.3) is 0 Å². The van der Waals surface area contributed by atoms with Crippen molar-refractivity contribution in [2.75, 3.05) is 18.6 Å². The maximum absolute atomic E-state index is 11.4. The molecule has 0 amide bonds. The molecule has 3 heteroatoms. The van der Waals surface area contributed by atoms with Crippen LogP contribution in [-0.4, -0.2) is 24.6 Å². The molecule has 0 aliphatic heterocycles.